The van der Waals surface area contributed by atoms with Crippen molar-refractivity contribution < 1.29 is 29.0 Å². The van der Waals surface area contributed by atoms with Gasteiger partial charge in [-0.05, 0) is 44.6 Å². The second-order valence-electron chi connectivity index (χ2n) is 11.6. The van der Waals surface area contributed by atoms with Gasteiger partial charge in [-0.15, -0.1) is 0 Å². The van der Waals surface area contributed by atoms with Gasteiger partial charge < -0.3 is 14.6 Å². The average Bonchev–Trinajstić information content (AvgIpc) is 3.02. The molecule has 1 atom stereocenters. The Balaban J connectivity index is 3.81. The minimum Gasteiger partial charge on any atom is -0.462 e. The summed E-state index contributed by atoms with van der Waals surface area (Å²) in [5.74, 6) is -0.897. The van der Waals surface area contributed by atoms with Crippen molar-refractivity contribution in [2.45, 2.75) is 161 Å². The van der Waals surface area contributed by atoms with Crippen molar-refractivity contribution in [2.75, 3.05) is 13.2 Å². The molecule has 0 aliphatic rings. The highest BCUT2D eigenvalue weighted by atomic mass is 16.6. The summed E-state index contributed by atoms with van der Waals surface area (Å²) in [4.78, 5) is 36.1. The van der Waals surface area contributed by atoms with Crippen LogP contribution in [0.25, 0.3) is 0 Å². The fourth-order valence-corrected chi connectivity index (χ4v) is 4.62. The molecule has 0 saturated heterocycles. The summed E-state index contributed by atoms with van der Waals surface area (Å²) < 4.78 is 10.4. The molecular formula is C38H64O6. The number of aliphatic hydroxyl groups excluding tert-OH is 1. The normalized spacial score (nSPS) is 12.6. The van der Waals surface area contributed by atoms with Crippen LogP contribution in [-0.2, 0) is 23.9 Å². The van der Waals surface area contributed by atoms with Crippen LogP contribution in [0.4, 0.5) is 0 Å². The maximum Gasteiger partial charge on any atom is 0.306 e. The number of carbonyl (C=O) groups excluding carboxylic acids is 3. The molecule has 0 rings (SSSR count). The molecule has 0 aromatic carbocycles. The summed E-state index contributed by atoms with van der Waals surface area (Å²) in [6.45, 7) is 3.87. The number of rotatable bonds is 31. The second kappa shape index (κ2) is 33.4. The zero-order valence-electron chi connectivity index (χ0n) is 28.2. The zero-order chi connectivity index (χ0) is 32.4. The fraction of sp³-hybridized carbons (Fsp3) is 0.711. The Bertz CT molecular complexity index is 810. The van der Waals surface area contributed by atoms with Crippen molar-refractivity contribution in [1.82, 2.24) is 0 Å². The number of esters is 2. The number of carbonyl (C=O) groups is 3. The van der Waals surface area contributed by atoms with Crippen molar-refractivity contribution in [3.05, 3.63) is 48.6 Å². The summed E-state index contributed by atoms with van der Waals surface area (Å²) in [5, 5.41) is 9.49. The van der Waals surface area contributed by atoms with Gasteiger partial charge >= 0.3 is 11.9 Å². The first-order chi connectivity index (χ1) is 21.5. The molecule has 0 fully saturated rings. The molecular weight excluding hydrogens is 552 g/mol. The van der Waals surface area contributed by atoms with Crippen molar-refractivity contribution in [3.8, 4) is 0 Å². The third-order valence-electron chi connectivity index (χ3n) is 7.35. The van der Waals surface area contributed by atoms with E-state index in [0.29, 0.717) is 12.8 Å². The number of unbranched alkanes of at least 4 members (excludes halogenated alkanes) is 14. The van der Waals surface area contributed by atoms with Crippen LogP contribution in [0.2, 0.25) is 0 Å². The average molecular weight is 617 g/mol. The molecule has 0 aliphatic heterocycles. The first-order valence-electron chi connectivity index (χ1n) is 17.6. The molecule has 0 amide bonds. The van der Waals surface area contributed by atoms with Crippen LogP contribution in [0.5, 0.6) is 0 Å². The maximum absolute atomic E-state index is 12.1. The van der Waals surface area contributed by atoms with Crippen LogP contribution >= 0.6 is 0 Å². The highest BCUT2D eigenvalue weighted by molar-refractivity contribution is 5.90. The smallest absolute Gasteiger partial charge is 0.306 e. The third kappa shape index (κ3) is 31.0. The zero-order valence-corrected chi connectivity index (χ0v) is 28.2. The van der Waals surface area contributed by atoms with Gasteiger partial charge in [0.1, 0.15) is 6.61 Å². The number of hydrogen-bond donors (Lipinski definition) is 1. The molecule has 0 aromatic heterocycles. The fourth-order valence-electron chi connectivity index (χ4n) is 4.62. The molecule has 0 aliphatic carbocycles. The van der Waals surface area contributed by atoms with Crippen molar-refractivity contribution in [1.29, 1.82) is 0 Å². The van der Waals surface area contributed by atoms with E-state index in [0.717, 1.165) is 38.5 Å². The van der Waals surface area contributed by atoms with Gasteiger partial charge in [0.05, 0.1) is 6.61 Å². The molecule has 0 heterocycles. The van der Waals surface area contributed by atoms with Gasteiger partial charge in [-0.2, -0.15) is 0 Å². The summed E-state index contributed by atoms with van der Waals surface area (Å²) in [6.07, 6.45) is 37.3. The molecule has 0 radical (unpaired) electrons. The summed E-state index contributed by atoms with van der Waals surface area (Å²) in [5.41, 5.74) is 0. The number of allylic oxidation sites excluding steroid dienone is 8. The Hall–Kier alpha value is -2.47. The van der Waals surface area contributed by atoms with Crippen LogP contribution in [0, 0.1) is 0 Å². The van der Waals surface area contributed by atoms with E-state index in [9.17, 15) is 19.5 Å². The number of ether oxygens (including phenoxy) is 2. The molecule has 0 saturated carbocycles. The highest BCUT2D eigenvalue weighted by Crippen LogP contribution is 2.13. The molecule has 6 heteroatoms. The van der Waals surface area contributed by atoms with Gasteiger partial charge in [-0.25, -0.2) is 0 Å². The molecule has 0 spiro atoms. The number of hydrogen-bond acceptors (Lipinski definition) is 6. The number of aliphatic hydroxyl groups is 1. The predicted octanol–water partition coefficient (Wildman–Crippen LogP) is 9.85. The Labute approximate surface area is 269 Å². The van der Waals surface area contributed by atoms with E-state index in [1.54, 1.807) is 6.08 Å². The molecule has 252 valence electrons. The standard InChI is InChI=1S/C38H64O6/c1-3-5-7-9-11-13-15-17-18-20-22-24-26-29-35(40)30-28-32-37(41)43-34-36(33-39)44-38(42)31-27-25-23-21-19-16-14-12-10-8-6-4-2/h11,13,17-18,22,24,26,29,36,39H,3-10,12,14-16,19-21,23,25,27-28,30-34H2,1-2H3/b13-11-,18-17-,24-22-,29-26+/t36-/m0/s1. The van der Waals surface area contributed by atoms with Gasteiger partial charge in [-0.1, -0.05) is 140 Å². The third-order valence-corrected chi connectivity index (χ3v) is 7.35. The van der Waals surface area contributed by atoms with Crippen molar-refractivity contribution in [3.63, 3.8) is 0 Å². The van der Waals surface area contributed by atoms with E-state index in [1.807, 2.05) is 12.2 Å². The lowest BCUT2D eigenvalue weighted by atomic mass is 10.0. The van der Waals surface area contributed by atoms with Crippen LogP contribution < -0.4 is 0 Å². The van der Waals surface area contributed by atoms with Crippen LogP contribution in [0.3, 0.4) is 0 Å². The first kappa shape index (κ1) is 41.5. The molecule has 1 N–H and O–H groups in total. The highest BCUT2D eigenvalue weighted by Gasteiger charge is 2.16. The van der Waals surface area contributed by atoms with E-state index >= 15 is 0 Å². The first-order valence-corrected chi connectivity index (χ1v) is 17.6. The van der Waals surface area contributed by atoms with Crippen LogP contribution in [0.1, 0.15) is 155 Å². The van der Waals surface area contributed by atoms with Crippen molar-refractivity contribution >= 4 is 17.7 Å². The quantitative estimate of drug-likeness (QED) is 0.0274. The maximum atomic E-state index is 12.1. The lowest BCUT2D eigenvalue weighted by Crippen LogP contribution is -2.28. The molecule has 0 unspecified atom stereocenters. The Morgan fingerprint density at radius 3 is 1.77 bits per heavy atom. The second-order valence-corrected chi connectivity index (χ2v) is 11.6. The molecule has 6 nitrogen and oxygen atoms in total. The molecule has 0 aromatic rings. The molecule has 0 bridgehead atoms. The van der Waals surface area contributed by atoms with E-state index in [1.165, 1.54) is 83.1 Å². The van der Waals surface area contributed by atoms with E-state index < -0.39 is 18.7 Å². The summed E-state index contributed by atoms with van der Waals surface area (Å²) >= 11 is 0. The minimum absolute atomic E-state index is 0.0498. The monoisotopic (exact) mass is 616 g/mol. The Morgan fingerprint density at radius 1 is 0.591 bits per heavy atom. The Morgan fingerprint density at radius 2 is 1.14 bits per heavy atom. The minimum atomic E-state index is -0.859. The summed E-state index contributed by atoms with van der Waals surface area (Å²) in [6, 6.07) is 0. The van der Waals surface area contributed by atoms with Crippen LogP contribution in [-0.4, -0.2) is 42.1 Å². The van der Waals surface area contributed by atoms with E-state index in [2.05, 4.69) is 38.2 Å². The van der Waals surface area contributed by atoms with Gasteiger partial charge in [0.15, 0.2) is 11.9 Å². The lowest BCUT2D eigenvalue weighted by molar-refractivity contribution is -0.161. The molecule has 44 heavy (non-hydrogen) atoms. The SMILES string of the molecule is CCCCC/C=C\C/C=C\C/C=C\C=C\C(=O)CCCC(=O)OC[C@H](CO)OC(=O)CCCCCCCCCCCCCC. The number of ketones is 1. The largest absolute Gasteiger partial charge is 0.462 e. The van der Waals surface area contributed by atoms with Gasteiger partial charge in [-0.3, -0.25) is 14.4 Å². The lowest BCUT2D eigenvalue weighted by Gasteiger charge is -2.15. The van der Waals surface area contributed by atoms with Gasteiger partial charge in [0.25, 0.3) is 0 Å². The van der Waals surface area contributed by atoms with E-state index in [-0.39, 0.29) is 31.2 Å². The Kier molecular flexibility index (Phi) is 31.5. The predicted molar refractivity (Wildman–Crippen MR) is 182 cm³/mol. The topological polar surface area (TPSA) is 89.9 Å². The van der Waals surface area contributed by atoms with Gasteiger partial charge in [0, 0.05) is 19.3 Å². The van der Waals surface area contributed by atoms with Gasteiger partial charge in [0.2, 0.25) is 0 Å². The van der Waals surface area contributed by atoms with E-state index in [4.69, 9.17) is 9.47 Å². The summed E-state index contributed by atoms with van der Waals surface area (Å²) in [7, 11) is 0. The van der Waals surface area contributed by atoms with Crippen molar-refractivity contribution in [2.24, 2.45) is 0 Å². The van der Waals surface area contributed by atoms with Crippen LogP contribution in [0.15, 0.2) is 48.6 Å².